The smallest absolute Gasteiger partial charge is 0.194 e. The normalized spacial score (nSPS) is 10.1. The number of hydrogen-bond donors (Lipinski definition) is 1. The highest BCUT2D eigenvalue weighted by atomic mass is 35.5. The molecule has 2 N–H and O–H groups in total. The van der Waals surface area contributed by atoms with Crippen LogP contribution in [-0.2, 0) is 0 Å². The summed E-state index contributed by atoms with van der Waals surface area (Å²) in [5.74, 6) is 0.542. The zero-order chi connectivity index (χ0) is 13.1. The predicted octanol–water partition coefficient (Wildman–Crippen LogP) is 3.16. The van der Waals surface area contributed by atoms with Crippen molar-refractivity contribution >= 4 is 23.1 Å². The number of ketones is 1. The number of methoxy groups -OCH3 is 1. The van der Waals surface area contributed by atoms with E-state index in [-0.39, 0.29) is 5.78 Å². The fraction of sp³-hybridized carbons (Fsp3) is 0.0714. The summed E-state index contributed by atoms with van der Waals surface area (Å²) in [4.78, 5) is 12.2. The molecule has 0 amide bonds. The largest absolute Gasteiger partial charge is 0.497 e. The van der Waals surface area contributed by atoms with Crippen LogP contribution in [0.25, 0.3) is 0 Å². The number of anilines is 1. The maximum Gasteiger partial charge on any atom is 0.194 e. The minimum Gasteiger partial charge on any atom is -0.497 e. The SMILES string of the molecule is COc1ccc(C(=O)c2cc(N)ccc2Cl)cc1. The highest BCUT2D eigenvalue weighted by Crippen LogP contribution is 2.23. The lowest BCUT2D eigenvalue weighted by Gasteiger charge is -2.06. The second-order valence-corrected chi connectivity index (χ2v) is 4.20. The molecule has 0 unspecified atom stereocenters. The third kappa shape index (κ3) is 2.46. The van der Waals surface area contributed by atoms with Crippen LogP contribution >= 0.6 is 11.6 Å². The summed E-state index contributed by atoms with van der Waals surface area (Å²) in [7, 11) is 1.57. The van der Waals surface area contributed by atoms with E-state index in [4.69, 9.17) is 22.1 Å². The number of rotatable bonds is 3. The Kier molecular flexibility index (Phi) is 3.53. The molecule has 2 aromatic carbocycles. The highest BCUT2D eigenvalue weighted by Gasteiger charge is 2.13. The van der Waals surface area contributed by atoms with E-state index in [0.29, 0.717) is 27.6 Å². The molecule has 4 heteroatoms. The quantitative estimate of drug-likeness (QED) is 0.682. The summed E-state index contributed by atoms with van der Waals surface area (Å²) in [5, 5.41) is 0.394. The number of carbonyl (C=O) groups excluding carboxylic acids is 1. The van der Waals surface area contributed by atoms with E-state index in [1.165, 1.54) is 0 Å². The molecule has 3 nitrogen and oxygen atoms in total. The van der Waals surface area contributed by atoms with Crippen LogP contribution in [0, 0.1) is 0 Å². The first-order valence-electron chi connectivity index (χ1n) is 5.35. The number of benzene rings is 2. The third-order valence-corrected chi connectivity index (χ3v) is 2.92. The maximum atomic E-state index is 12.2. The molecule has 0 aliphatic heterocycles. The number of hydrogen-bond acceptors (Lipinski definition) is 3. The first kappa shape index (κ1) is 12.5. The van der Waals surface area contributed by atoms with E-state index in [1.807, 2.05) is 0 Å². The molecular formula is C14H12ClNO2. The van der Waals surface area contributed by atoms with Gasteiger partial charge in [0.2, 0.25) is 0 Å². The van der Waals surface area contributed by atoms with Gasteiger partial charge in [0.15, 0.2) is 5.78 Å². The summed E-state index contributed by atoms with van der Waals surface area (Å²) in [6.07, 6.45) is 0. The standard InChI is InChI=1S/C14H12ClNO2/c1-18-11-5-2-9(3-6-11)14(17)12-8-10(16)4-7-13(12)15/h2-8H,16H2,1H3. The van der Waals surface area contributed by atoms with Crippen molar-refractivity contribution in [1.82, 2.24) is 0 Å². The van der Waals surface area contributed by atoms with E-state index in [0.717, 1.165) is 0 Å². The lowest BCUT2D eigenvalue weighted by Crippen LogP contribution is -2.03. The molecule has 18 heavy (non-hydrogen) atoms. The third-order valence-electron chi connectivity index (χ3n) is 2.59. The number of ether oxygens (including phenoxy) is 1. The zero-order valence-electron chi connectivity index (χ0n) is 9.81. The molecule has 0 spiro atoms. The van der Waals surface area contributed by atoms with Crippen LogP contribution in [-0.4, -0.2) is 12.9 Å². The summed E-state index contributed by atoms with van der Waals surface area (Å²) in [6.45, 7) is 0. The van der Waals surface area contributed by atoms with Gasteiger partial charge in [-0.1, -0.05) is 11.6 Å². The number of nitrogen functional groups attached to an aromatic ring is 1. The minimum atomic E-state index is -0.157. The molecule has 0 saturated carbocycles. The number of nitrogens with two attached hydrogens (primary N) is 1. The summed E-state index contributed by atoms with van der Waals surface area (Å²) >= 11 is 6.00. The van der Waals surface area contributed by atoms with Crippen molar-refractivity contribution < 1.29 is 9.53 Å². The van der Waals surface area contributed by atoms with Gasteiger partial charge in [-0.3, -0.25) is 4.79 Å². The lowest BCUT2D eigenvalue weighted by molar-refractivity contribution is 0.103. The van der Waals surface area contributed by atoms with Gasteiger partial charge in [-0.05, 0) is 42.5 Å². The van der Waals surface area contributed by atoms with Gasteiger partial charge in [0, 0.05) is 16.8 Å². The van der Waals surface area contributed by atoms with E-state index in [9.17, 15) is 4.79 Å². The van der Waals surface area contributed by atoms with Crippen LogP contribution in [0.2, 0.25) is 5.02 Å². The summed E-state index contributed by atoms with van der Waals surface area (Å²) in [6, 6.07) is 11.7. The van der Waals surface area contributed by atoms with Gasteiger partial charge >= 0.3 is 0 Å². The van der Waals surface area contributed by atoms with E-state index in [1.54, 1.807) is 49.6 Å². The molecule has 0 aliphatic carbocycles. The highest BCUT2D eigenvalue weighted by molar-refractivity contribution is 6.35. The molecule has 0 aliphatic rings. The Bertz CT molecular complexity index is 579. The van der Waals surface area contributed by atoms with Crippen LogP contribution in [0.5, 0.6) is 5.75 Å². The predicted molar refractivity (Wildman–Crippen MR) is 72.3 cm³/mol. The monoisotopic (exact) mass is 261 g/mol. The Labute approximate surface area is 110 Å². The average Bonchev–Trinajstić information content (AvgIpc) is 2.41. The maximum absolute atomic E-state index is 12.2. The van der Waals surface area contributed by atoms with Crippen LogP contribution in [0.4, 0.5) is 5.69 Å². The molecule has 2 aromatic rings. The second-order valence-electron chi connectivity index (χ2n) is 3.80. The van der Waals surface area contributed by atoms with Crippen LogP contribution in [0.1, 0.15) is 15.9 Å². The second kappa shape index (κ2) is 5.10. The van der Waals surface area contributed by atoms with Gasteiger partial charge in [-0.15, -0.1) is 0 Å². The summed E-state index contributed by atoms with van der Waals surface area (Å²) < 4.78 is 5.04. The fourth-order valence-corrected chi connectivity index (χ4v) is 1.82. The molecule has 0 heterocycles. The Morgan fingerprint density at radius 3 is 2.44 bits per heavy atom. The van der Waals surface area contributed by atoms with Gasteiger partial charge in [0.25, 0.3) is 0 Å². The Morgan fingerprint density at radius 1 is 1.17 bits per heavy atom. The number of halogens is 1. The molecular weight excluding hydrogens is 250 g/mol. The van der Waals surface area contributed by atoms with Crippen LogP contribution in [0.3, 0.4) is 0 Å². The van der Waals surface area contributed by atoms with Crippen molar-refractivity contribution in [3.63, 3.8) is 0 Å². The van der Waals surface area contributed by atoms with Crippen LogP contribution < -0.4 is 10.5 Å². The van der Waals surface area contributed by atoms with Crippen molar-refractivity contribution in [3.8, 4) is 5.75 Å². The molecule has 0 aromatic heterocycles. The van der Waals surface area contributed by atoms with E-state index in [2.05, 4.69) is 0 Å². The Balaban J connectivity index is 2.38. The van der Waals surface area contributed by atoms with Crippen molar-refractivity contribution in [2.45, 2.75) is 0 Å². The number of carbonyl (C=O) groups is 1. The van der Waals surface area contributed by atoms with Crippen molar-refractivity contribution in [2.24, 2.45) is 0 Å². The van der Waals surface area contributed by atoms with Gasteiger partial charge in [0.05, 0.1) is 12.1 Å². The molecule has 0 radical (unpaired) electrons. The van der Waals surface area contributed by atoms with Crippen molar-refractivity contribution in [3.05, 3.63) is 58.6 Å². The first-order chi connectivity index (χ1) is 8.61. The fourth-order valence-electron chi connectivity index (χ4n) is 1.61. The molecule has 92 valence electrons. The molecule has 0 fully saturated rings. The van der Waals surface area contributed by atoms with E-state index < -0.39 is 0 Å². The van der Waals surface area contributed by atoms with Crippen molar-refractivity contribution in [1.29, 1.82) is 0 Å². The lowest BCUT2D eigenvalue weighted by atomic mass is 10.0. The zero-order valence-corrected chi connectivity index (χ0v) is 10.6. The topological polar surface area (TPSA) is 52.3 Å². The summed E-state index contributed by atoms with van der Waals surface area (Å²) in [5.41, 5.74) is 7.12. The average molecular weight is 262 g/mol. The first-order valence-corrected chi connectivity index (χ1v) is 5.73. The molecule has 2 rings (SSSR count). The Hall–Kier alpha value is -2.00. The molecule has 0 saturated heterocycles. The van der Waals surface area contributed by atoms with Gasteiger partial charge in [-0.2, -0.15) is 0 Å². The van der Waals surface area contributed by atoms with Gasteiger partial charge < -0.3 is 10.5 Å². The molecule has 0 atom stereocenters. The van der Waals surface area contributed by atoms with Crippen LogP contribution in [0.15, 0.2) is 42.5 Å². The van der Waals surface area contributed by atoms with Crippen molar-refractivity contribution in [2.75, 3.05) is 12.8 Å². The Morgan fingerprint density at radius 2 is 1.83 bits per heavy atom. The van der Waals surface area contributed by atoms with E-state index >= 15 is 0 Å². The minimum absolute atomic E-state index is 0.157. The molecule has 0 bridgehead atoms. The van der Waals surface area contributed by atoms with Gasteiger partial charge in [0.1, 0.15) is 5.75 Å². The van der Waals surface area contributed by atoms with Gasteiger partial charge in [-0.25, -0.2) is 0 Å².